The molecule has 8 rings (SSSR count). The fraction of sp³-hybridized carbons (Fsp3) is 0.909. The minimum atomic E-state index is -0.922. The molecule has 48 heavy (non-hydrogen) atoms. The first-order valence-corrected chi connectivity index (χ1v) is 20.8. The van der Waals surface area contributed by atoms with Gasteiger partial charge in [0.2, 0.25) is 0 Å². The van der Waals surface area contributed by atoms with Gasteiger partial charge in [-0.25, -0.2) is 0 Å². The quantitative estimate of drug-likeness (QED) is 0.295. The number of carbonyl (C=O) groups excluding carboxylic acids is 2. The molecular weight excluding hydrogens is 592 g/mol. The molecule has 16 atom stereocenters. The van der Waals surface area contributed by atoms with E-state index in [-0.39, 0.29) is 45.3 Å². The lowest BCUT2D eigenvalue weighted by Crippen LogP contribution is -2.63. The summed E-state index contributed by atoms with van der Waals surface area (Å²) >= 11 is 0. The van der Waals surface area contributed by atoms with Crippen molar-refractivity contribution in [1.82, 2.24) is 0 Å². The summed E-state index contributed by atoms with van der Waals surface area (Å²) < 4.78 is 0. The average Bonchev–Trinajstić information content (AvgIpc) is 3.58. The first-order chi connectivity index (χ1) is 22.6. The highest BCUT2D eigenvalue weighted by Crippen LogP contribution is 2.71. The van der Waals surface area contributed by atoms with E-state index in [4.69, 9.17) is 0 Å². The minimum absolute atomic E-state index is 0.0582. The van der Waals surface area contributed by atoms with Crippen molar-refractivity contribution in [2.24, 2.45) is 80.8 Å². The highest BCUT2D eigenvalue weighted by molar-refractivity contribution is 5.80. The maximum atomic E-state index is 13.2. The normalized spacial score (nSPS) is 57.5. The summed E-state index contributed by atoms with van der Waals surface area (Å²) in [6, 6.07) is 0. The Morgan fingerprint density at radius 1 is 0.500 bits per heavy atom. The van der Waals surface area contributed by atoms with Crippen LogP contribution in [0.15, 0.2) is 12.2 Å². The van der Waals surface area contributed by atoms with Gasteiger partial charge in [-0.1, -0.05) is 65.5 Å². The molecule has 8 fully saturated rings. The lowest BCUT2D eigenvalue weighted by atomic mass is 9.41. The zero-order chi connectivity index (χ0) is 34.1. The first-order valence-electron chi connectivity index (χ1n) is 20.8. The van der Waals surface area contributed by atoms with Crippen LogP contribution in [0.25, 0.3) is 0 Å². The second kappa shape index (κ2) is 11.2. The van der Waals surface area contributed by atoms with Crippen molar-refractivity contribution in [2.45, 2.75) is 168 Å². The van der Waals surface area contributed by atoms with Gasteiger partial charge < -0.3 is 10.2 Å². The van der Waals surface area contributed by atoms with Gasteiger partial charge in [-0.2, -0.15) is 0 Å². The second-order valence-corrected chi connectivity index (χ2v) is 20.7. The highest BCUT2D eigenvalue weighted by atomic mass is 16.3. The van der Waals surface area contributed by atoms with Gasteiger partial charge in [-0.3, -0.25) is 9.59 Å². The zero-order valence-corrected chi connectivity index (χ0v) is 31.4. The Morgan fingerprint density at radius 2 is 0.875 bits per heavy atom. The van der Waals surface area contributed by atoms with Crippen molar-refractivity contribution in [2.75, 3.05) is 0 Å². The fourth-order valence-corrected chi connectivity index (χ4v) is 17.1. The number of carbonyl (C=O) groups is 2. The maximum Gasteiger partial charge on any atom is 0.133 e. The highest BCUT2D eigenvalue weighted by Gasteiger charge is 2.67. The van der Waals surface area contributed by atoms with Gasteiger partial charge in [0.1, 0.15) is 11.6 Å². The van der Waals surface area contributed by atoms with Crippen LogP contribution in [-0.2, 0) is 9.59 Å². The first kappa shape index (κ1) is 34.1. The van der Waals surface area contributed by atoms with Crippen LogP contribution in [0.4, 0.5) is 0 Å². The van der Waals surface area contributed by atoms with Crippen LogP contribution in [0.2, 0.25) is 0 Å². The molecule has 4 heteroatoms. The van der Waals surface area contributed by atoms with Gasteiger partial charge in [0, 0.05) is 11.8 Å². The summed E-state index contributed by atoms with van der Waals surface area (Å²) in [5.41, 5.74) is -1.52. The molecule has 0 aliphatic heterocycles. The van der Waals surface area contributed by atoms with E-state index < -0.39 is 11.2 Å². The predicted octanol–water partition coefficient (Wildman–Crippen LogP) is 9.50. The van der Waals surface area contributed by atoms with Crippen LogP contribution < -0.4 is 0 Å². The molecule has 8 saturated carbocycles. The van der Waals surface area contributed by atoms with Crippen molar-refractivity contribution < 1.29 is 19.8 Å². The van der Waals surface area contributed by atoms with E-state index in [2.05, 4.69) is 39.8 Å². The Balaban J connectivity index is 1.16. The number of aliphatic hydroxyl groups is 2. The maximum absolute atomic E-state index is 13.2. The van der Waals surface area contributed by atoms with Gasteiger partial charge in [-0.15, -0.1) is 0 Å². The summed E-state index contributed by atoms with van der Waals surface area (Å²) in [5.74, 6) is 4.66. The summed E-state index contributed by atoms with van der Waals surface area (Å²) in [6.45, 7) is 13.5. The Bertz CT molecular complexity index is 1250. The predicted molar refractivity (Wildman–Crippen MR) is 191 cm³/mol. The third-order valence-corrected chi connectivity index (χ3v) is 19.1. The van der Waals surface area contributed by atoms with E-state index in [1.165, 1.54) is 51.4 Å². The molecule has 0 saturated heterocycles. The number of hydrogen-bond donors (Lipinski definition) is 2. The summed E-state index contributed by atoms with van der Waals surface area (Å²) in [7, 11) is 0. The Hall–Kier alpha value is -1.00. The molecule has 0 aromatic carbocycles. The van der Waals surface area contributed by atoms with Crippen molar-refractivity contribution in [1.29, 1.82) is 0 Å². The molecule has 0 spiro atoms. The van der Waals surface area contributed by atoms with E-state index in [1.54, 1.807) is 0 Å². The fourth-order valence-electron chi connectivity index (χ4n) is 17.1. The van der Waals surface area contributed by atoms with Crippen LogP contribution in [0.1, 0.15) is 157 Å². The Labute approximate surface area is 292 Å². The summed E-state index contributed by atoms with van der Waals surface area (Å²) in [4.78, 5) is 25.7. The average molecular weight is 661 g/mol. The van der Waals surface area contributed by atoms with Gasteiger partial charge in [-0.05, 0) is 173 Å². The van der Waals surface area contributed by atoms with Crippen LogP contribution in [0.3, 0.4) is 0 Å². The number of hydrogen-bond acceptors (Lipinski definition) is 4. The van der Waals surface area contributed by atoms with Crippen LogP contribution in [0, 0.1) is 80.8 Å². The lowest BCUT2D eigenvalue weighted by Gasteiger charge is -2.65. The Kier molecular flexibility index (Phi) is 7.99. The molecule has 0 radical (unpaired) electrons. The van der Waals surface area contributed by atoms with E-state index in [0.717, 1.165) is 64.2 Å². The molecule has 2 N–H and O–H groups in total. The van der Waals surface area contributed by atoms with Crippen molar-refractivity contribution in [3.8, 4) is 0 Å². The van der Waals surface area contributed by atoms with Crippen LogP contribution in [0.5, 0.6) is 0 Å². The van der Waals surface area contributed by atoms with E-state index in [1.807, 2.05) is 13.8 Å². The molecule has 0 aromatic heterocycles. The van der Waals surface area contributed by atoms with Gasteiger partial charge in [0.05, 0.1) is 11.2 Å². The second-order valence-electron chi connectivity index (χ2n) is 20.7. The monoisotopic (exact) mass is 661 g/mol. The van der Waals surface area contributed by atoms with Crippen LogP contribution in [-0.4, -0.2) is 33.0 Å². The third kappa shape index (κ3) is 4.57. The lowest BCUT2D eigenvalue weighted by molar-refractivity contribution is -0.193. The summed E-state index contributed by atoms with van der Waals surface area (Å²) in [5, 5.41) is 26.3. The number of rotatable bonds is 4. The van der Waals surface area contributed by atoms with Crippen molar-refractivity contribution in [3.05, 3.63) is 12.2 Å². The molecule has 0 heterocycles. The van der Waals surface area contributed by atoms with E-state index >= 15 is 0 Å². The molecule has 0 aromatic rings. The SMILES string of the molecule is CC(=O)[C@H]1CC[C@H]2[C@@H]3C[C@](O)(/C=C/[C@@]4(O)C[C@H]5[C@@H]6CC[C@H](C(C)=O)[C@@]6(C)CC[C@@H]5[C@@]5(C)CCCC[C@@H]54)[C@H]4CCCC[C@]4(C)[C@H]3CC[C@]12C. The van der Waals surface area contributed by atoms with Gasteiger partial charge in [0.25, 0.3) is 0 Å². The molecule has 0 unspecified atom stereocenters. The number of fused-ring (bicyclic) bond motifs is 10. The van der Waals surface area contributed by atoms with E-state index in [0.29, 0.717) is 47.1 Å². The zero-order valence-electron chi connectivity index (χ0n) is 31.4. The van der Waals surface area contributed by atoms with Crippen molar-refractivity contribution in [3.63, 3.8) is 0 Å². The van der Waals surface area contributed by atoms with Crippen molar-refractivity contribution >= 4 is 11.6 Å². The largest absolute Gasteiger partial charge is 0.385 e. The molecule has 4 nitrogen and oxygen atoms in total. The number of ketones is 2. The van der Waals surface area contributed by atoms with Crippen LogP contribution >= 0.6 is 0 Å². The molecule has 0 amide bonds. The van der Waals surface area contributed by atoms with E-state index in [9.17, 15) is 19.8 Å². The topological polar surface area (TPSA) is 74.6 Å². The molecule has 8 aliphatic rings. The van der Waals surface area contributed by atoms with Gasteiger partial charge in [0.15, 0.2) is 0 Å². The molecule has 8 aliphatic carbocycles. The summed E-state index contributed by atoms with van der Waals surface area (Å²) in [6.07, 6.45) is 24.4. The standard InChI is InChI=1S/C44H68O4/c1-27(45)31-13-15-33-29-25-43(47,37-11-7-9-19-41(37,5)35(29)17-21-39(31,33)3)23-24-44(48)26-30-34-16-14-32(28(2)46)40(34,4)22-18-36(30)42(6)20-10-8-12-38(42)44/h23-24,29-38,47-48H,7-22,25-26H2,1-6H3/b24-23+/t29-,30-,31+,32+,33-,34-,35-,36-,37-,38-,39+,40+,41+,42+,43+,44+/m0/s1. The molecule has 0 bridgehead atoms. The smallest absolute Gasteiger partial charge is 0.133 e. The molecule has 268 valence electrons. The minimum Gasteiger partial charge on any atom is -0.385 e. The Morgan fingerprint density at radius 3 is 1.25 bits per heavy atom. The molecular formula is C44H68O4. The number of Topliss-reactive ketones (excluding diaryl/α,β-unsaturated/α-hetero) is 2. The van der Waals surface area contributed by atoms with Gasteiger partial charge >= 0.3 is 0 Å². The third-order valence-electron chi connectivity index (χ3n) is 19.1.